The van der Waals surface area contributed by atoms with E-state index in [4.69, 9.17) is 4.74 Å². The van der Waals surface area contributed by atoms with Gasteiger partial charge in [0, 0.05) is 13.8 Å². The zero-order valence-corrected chi connectivity index (χ0v) is 9.76. The van der Waals surface area contributed by atoms with Crippen molar-refractivity contribution in [1.82, 2.24) is 0 Å². The number of ether oxygens (including phenoxy) is 3. The average molecular weight is 246 g/mol. The minimum Gasteiger partial charge on any atom is -0.462 e. The number of carbonyl (C=O) groups is 3. The molecule has 0 amide bonds. The van der Waals surface area contributed by atoms with E-state index in [1.54, 1.807) is 0 Å². The number of hydrogen-bond acceptors (Lipinski definition) is 7. The SMILES string of the molecule is CC(=O)OC[C@H]1OC(=O)[C@@H](OC(C)=O)[C@@]1(C)O. The molecule has 17 heavy (non-hydrogen) atoms. The maximum atomic E-state index is 11.4. The molecule has 0 aromatic heterocycles. The van der Waals surface area contributed by atoms with Crippen LogP contribution in [0, 0.1) is 0 Å². The normalized spacial score (nSPS) is 31.9. The molecule has 0 bridgehead atoms. The molecule has 0 unspecified atom stereocenters. The average Bonchev–Trinajstić information content (AvgIpc) is 2.37. The molecule has 0 aliphatic carbocycles. The fourth-order valence-corrected chi connectivity index (χ4v) is 1.46. The summed E-state index contributed by atoms with van der Waals surface area (Å²) in [4.78, 5) is 32.8. The summed E-state index contributed by atoms with van der Waals surface area (Å²) in [6.07, 6.45) is -2.45. The van der Waals surface area contributed by atoms with Gasteiger partial charge in [-0.15, -0.1) is 0 Å². The Morgan fingerprint density at radius 3 is 2.47 bits per heavy atom. The van der Waals surface area contributed by atoms with Crippen LogP contribution in [-0.4, -0.2) is 47.4 Å². The van der Waals surface area contributed by atoms with Crippen molar-refractivity contribution >= 4 is 17.9 Å². The van der Waals surface area contributed by atoms with Gasteiger partial charge in [-0.25, -0.2) is 4.79 Å². The van der Waals surface area contributed by atoms with Crippen LogP contribution in [0.15, 0.2) is 0 Å². The zero-order chi connectivity index (χ0) is 13.2. The van der Waals surface area contributed by atoms with Gasteiger partial charge in [0.25, 0.3) is 0 Å². The van der Waals surface area contributed by atoms with Gasteiger partial charge in [0.05, 0.1) is 0 Å². The summed E-state index contributed by atoms with van der Waals surface area (Å²) in [6.45, 7) is 3.29. The molecule has 1 N–H and O–H groups in total. The molecule has 1 heterocycles. The van der Waals surface area contributed by atoms with Crippen LogP contribution < -0.4 is 0 Å². The van der Waals surface area contributed by atoms with Gasteiger partial charge in [0.15, 0.2) is 6.10 Å². The molecule has 7 heteroatoms. The third-order valence-corrected chi connectivity index (χ3v) is 2.38. The van der Waals surface area contributed by atoms with E-state index in [9.17, 15) is 19.5 Å². The van der Waals surface area contributed by atoms with Crippen LogP contribution in [0.1, 0.15) is 20.8 Å². The van der Waals surface area contributed by atoms with Gasteiger partial charge in [-0.1, -0.05) is 0 Å². The molecule has 3 atom stereocenters. The number of rotatable bonds is 3. The first kappa shape index (κ1) is 13.4. The predicted octanol–water partition coefficient (Wildman–Crippen LogP) is -0.842. The highest BCUT2D eigenvalue weighted by Gasteiger charge is 2.56. The van der Waals surface area contributed by atoms with Crippen molar-refractivity contribution in [3.8, 4) is 0 Å². The standard InChI is InChI=1S/C10H14O7/c1-5(11)15-4-7-10(3,14)8(9(13)17-7)16-6(2)12/h7-8,14H,4H2,1-3H3/t7-,8-,10+/m1/s1. The Bertz CT molecular complexity index is 347. The summed E-state index contributed by atoms with van der Waals surface area (Å²) in [7, 11) is 0. The summed E-state index contributed by atoms with van der Waals surface area (Å²) in [6, 6.07) is 0. The summed E-state index contributed by atoms with van der Waals surface area (Å²) in [5, 5.41) is 10.0. The molecule has 1 rings (SSSR count). The second kappa shape index (κ2) is 4.70. The maximum Gasteiger partial charge on any atom is 0.351 e. The monoisotopic (exact) mass is 246 g/mol. The molecule has 0 aromatic rings. The molecule has 7 nitrogen and oxygen atoms in total. The van der Waals surface area contributed by atoms with Gasteiger partial charge in [0.2, 0.25) is 6.10 Å². The molecule has 0 aromatic carbocycles. The molecule has 0 saturated carbocycles. The van der Waals surface area contributed by atoms with Crippen molar-refractivity contribution in [2.45, 2.75) is 38.6 Å². The van der Waals surface area contributed by atoms with Crippen LogP contribution in [0.2, 0.25) is 0 Å². The third-order valence-electron chi connectivity index (χ3n) is 2.38. The molecule has 1 saturated heterocycles. The van der Waals surface area contributed by atoms with E-state index in [2.05, 4.69) is 9.47 Å². The molecule has 0 radical (unpaired) electrons. The minimum atomic E-state index is -1.72. The lowest BCUT2D eigenvalue weighted by Crippen LogP contribution is -2.48. The summed E-state index contributed by atoms with van der Waals surface area (Å²) >= 11 is 0. The Morgan fingerprint density at radius 2 is 2.00 bits per heavy atom. The predicted molar refractivity (Wildman–Crippen MR) is 52.7 cm³/mol. The minimum absolute atomic E-state index is 0.286. The maximum absolute atomic E-state index is 11.4. The van der Waals surface area contributed by atoms with Gasteiger partial charge in [-0.3, -0.25) is 9.59 Å². The summed E-state index contributed by atoms with van der Waals surface area (Å²) in [5.41, 5.74) is -1.72. The largest absolute Gasteiger partial charge is 0.462 e. The number of cyclic esters (lactones) is 1. The van der Waals surface area contributed by atoms with E-state index in [1.807, 2.05) is 0 Å². The lowest BCUT2D eigenvalue weighted by atomic mass is 9.95. The third kappa shape index (κ3) is 2.94. The number of aliphatic hydroxyl groups is 1. The van der Waals surface area contributed by atoms with Gasteiger partial charge in [-0.05, 0) is 6.92 Å². The number of esters is 3. The first-order valence-corrected chi connectivity index (χ1v) is 4.98. The number of hydrogen-bond donors (Lipinski definition) is 1. The lowest BCUT2D eigenvalue weighted by Gasteiger charge is -2.25. The second-order valence-electron chi connectivity index (χ2n) is 3.94. The second-order valence-corrected chi connectivity index (χ2v) is 3.94. The van der Waals surface area contributed by atoms with Gasteiger partial charge < -0.3 is 19.3 Å². The van der Waals surface area contributed by atoms with E-state index >= 15 is 0 Å². The van der Waals surface area contributed by atoms with Crippen molar-refractivity contribution in [2.75, 3.05) is 6.61 Å². The van der Waals surface area contributed by atoms with Crippen LogP contribution in [0.5, 0.6) is 0 Å². The Balaban J connectivity index is 2.74. The van der Waals surface area contributed by atoms with E-state index < -0.39 is 35.7 Å². The molecule has 1 aliphatic heterocycles. The van der Waals surface area contributed by atoms with Crippen LogP contribution in [0.4, 0.5) is 0 Å². The Hall–Kier alpha value is -1.63. The summed E-state index contributed by atoms with van der Waals surface area (Å²) < 4.78 is 14.1. The van der Waals surface area contributed by atoms with Crippen LogP contribution >= 0.6 is 0 Å². The van der Waals surface area contributed by atoms with Crippen molar-refractivity contribution in [3.05, 3.63) is 0 Å². The van der Waals surface area contributed by atoms with Crippen molar-refractivity contribution in [3.63, 3.8) is 0 Å². The summed E-state index contributed by atoms with van der Waals surface area (Å²) in [5.74, 6) is -2.13. The fourth-order valence-electron chi connectivity index (χ4n) is 1.46. The molecule has 1 fully saturated rings. The highest BCUT2D eigenvalue weighted by atomic mass is 16.6. The zero-order valence-electron chi connectivity index (χ0n) is 9.76. The van der Waals surface area contributed by atoms with Crippen LogP contribution in [0.3, 0.4) is 0 Å². The highest BCUT2D eigenvalue weighted by Crippen LogP contribution is 2.29. The first-order chi connectivity index (χ1) is 7.75. The van der Waals surface area contributed by atoms with Crippen molar-refractivity contribution < 1.29 is 33.7 Å². The smallest absolute Gasteiger partial charge is 0.351 e. The van der Waals surface area contributed by atoms with Crippen LogP contribution in [0.25, 0.3) is 0 Å². The van der Waals surface area contributed by atoms with E-state index in [0.717, 1.165) is 6.92 Å². The topological polar surface area (TPSA) is 99.1 Å². The van der Waals surface area contributed by atoms with E-state index in [0.29, 0.717) is 0 Å². The van der Waals surface area contributed by atoms with Gasteiger partial charge in [-0.2, -0.15) is 0 Å². The molecular formula is C10H14O7. The van der Waals surface area contributed by atoms with Gasteiger partial charge in [0.1, 0.15) is 12.2 Å². The van der Waals surface area contributed by atoms with Crippen molar-refractivity contribution in [1.29, 1.82) is 0 Å². The molecule has 1 aliphatic rings. The molecule has 96 valence electrons. The van der Waals surface area contributed by atoms with E-state index in [-0.39, 0.29) is 6.61 Å². The van der Waals surface area contributed by atoms with Gasteiger partial charge >= 0.3 is 17.9 Å². The van der Waals surface area contributed by atoms with E-state index in [1.165, 1.54) is 13.8 Å². The first-order valence-electron chi connectivity index (χ1n) is 4.98. The fraction of sp³-hybridized carbons (Fsp3) is 0.700. The Morgan fingerprint density at radius 1 is 1.41 bits per heavy atom. The molecule has 0 spiro atoms. The Labute approximate surface area is 97.6 Å². The van der Waals surface area contributed by atoms with Crippen LogP contribution in [-0.2, 0) is 28.6 Å². The quantitative estimate of drug-likeness (QED) is 0.511. The highest BCUT2D eigenvalue weighted by molar-refractivity contribution is 5.82. The number of carbonyl (C=O) groups excluding carboxylic acids is 3. The Kier molecular flexibility index (Phi) is 3.72. The molecular weight excluding hydrogens is 232 g/mol. The van der Waals surface area contributed by atoms with Crippen molar-refractivity contribution in [2.24, 2.45) is 0 Å². The lowest BCUT2D eigenvalue weighted by molar-refractivity contribution is -0.165.